The third-order valence-electron chi connectivity index (χ3n) is 3.76. The molecular weight excluding hydrogens is 336 g/mol. The van der Waals surface area contributed by atoms with Gasteiger partial charge in [0, 0.05) is 11.0 Å². The van der Waals surface area contributed by atoms with Crippen LogP contribution < -0.4 is 5.32 Å². The lowest BCUT2D eigenvalue weighted by molar-refractivity contribution is -0.383. The average Bonchev–Trinajstić information content (AvgIpc) is 2.61. The Morgan fingerprint density at radius 3 is 2.48 bits per heavy atom. The van der Waals surface area contributed by atoms with Crippen LogP contribution in [0.1, 0.15) is 6.92 Å². The first kappa shape index (κ1) is 17.0. The molecule has 0 aliphatic heterocycles. The fraction of sp³-hybridized carbons (Fsp3) is 0.105. The summed E-state index contributed by atoms with van der Waals surface area (Å²) in [6.45, 7) is 1.78. The summed E-state index contributed by atoms with van der Waals surface area (Å²) in [4.78, 5) is 23.9. The molecule has 0 spiro atoms. The molecule has 0 saturated carbocycles. The van der Waals surface area contributed by atoms with Crippen molar-refractivity contribution in [3.05, 3.63) is 76.8 Å². The zero-order valence-corrected chi connectivity index (χ0v) is 14.3. The summed E-state index contributed by atoms with van der Waals surface area (Å²) in [5, 5.41) is 15.5. The van der Waals surface area contributed by atoms with Gasteiger partial charge in [-0.2, -0.15) is 0 Å². The summed E-state index contributed by atoms with van der Waals surface area (Å²) in [5.74, 6) is -0.271. The van der Waals surface area contributed by atoms with E-state index in [1.54, 1.807) is 19.1 Å². The van der Waals surface area contributed by atoms with Crippen LogP contribution in [0.5, 0.6) is 0 Å². The number of rotatable bonds is 5. The molecule has 0 fully saturated rings. The Hall–Kier alpha value is -2.86. The maximum Gasteiger partial charge on any atom is 0.292 e. The third-order valence-corrected chi connectivity index (χ3v) is 4.86. The van der Waals surface area contributed by atoms with E-state index >= 15 is 0 Å². The zero-order chi connectivity index (χ0) is 17.8. The third kappa shape index (κ3) is 3.97. The van der Waals surface area contributed by atoms with E-state index in [0.717, 1.165) is 15.7 Å². The number of nitrogens with one attached hydrogen (secondary N) is 1. The van der Waals surface area contributed by atoms with E-state index in [2.05, 4.69) is 5.32 Å². The highest BCUT2D eigenvalue weighted by molar-refractivity contribution is 8.00. The van der Waals surface area contributed by atoms with E-state index in [9.17, 15) is 14.9 Å². The molecule has 25 heavy (non-hydrogen) atoms. The largest absolute Gasteiger partial charge is 0.319 e. The Balaban J connectivity index is 1.73. The Morgan fingerprint density at radius 2 is 1.72 bits per heavy atom. The summed E-state index contributed by atoms with van der Waals surface area (Å²) in [6.07, 6.45) is 0. The van der Waals surface area contributed by atoms with Gasteiger partial charge in [0.05, 0.1) is 10.2 Å². The lowest BCUT2D eigenvalue weighted by Gasteiger charge is -2.12. The smallest absolute Gasteiger partial charge is 0.292 e. The molecule has 1 atom stereocenters. The monoisotopic (exact) mass is 352 g/mol. The van der Waals surface area contributed by atoms with Crippen molar-refractivity contribution in [2.75, 3.05) is 5.32 Å². The minimum atomic E-state index is -0.503. The molecular formula is C19H16N2O3S. The maximum atomic E-state index is 12.4. The summed E-state index contributed by atoms with van der Waals surface area (Å²) < 4.78 is 0. The van der Waals surface area contributed by atoms with Crippen molar-refractivity contribution in [1.29, 1.82) is 0 Å². The van der Waals surface area contributed by atoms with E-state index < -0.39 is 4.92 Å². The van der Waals surface area contributed by atoms with Gasteiger partial charge in [-0.05, 0) is 35.9 Å². The van der Waals surface area contributed by atoms with Crippen molar-refractivity contribution in [2.45, 2.75) is 17.1 Å². The van der Waals surface area contributed by atoms with Crippen LogP contribution in [0.25, 0.3) is 10.8 Å². The van der Waals surface area contributed by atoms with Gasteiger partial charge in [0.25, 0.3) is 5.69 Å². The van der Waals surface area contributed by atoms with Gasteiger partial charge in [-0.3, -0.25) is 14.9 Å². The Bertz CT molecular complexity index is 943. The number of para-hydroxylation sites is 2. The maximum absolute atomic E-state index is 12.4. The molecule has 0 saturated heterocycles. The number of carbonyl (C=O) groups is 1. The van der Waals surface area contributed by atoms with Crippen LogP contribution in [0.15, 0.2) is 71.6 Å². The van der Waals surface area contributed by atoms with Crippen LogP contribution in [-0.4, -0.2) is 16.1 Å². The van der Waals surface area contributed by atoms with E-state index in [0.29, 0.717) is 0 Å². The van der Waals surface area contributed by atoms with Crippen molar-refractivity contribution in [2.24, 2.45) is 0 Å². The van der Waals surface area contributed by atoms with Gasteiger partial charge in [-0.15, -0.1) is 11.8 Å². The zero-order valence-electron chi connectivity index (χ0n) is 13.5. The minimum Gasteiger partial charge on any atom is -0.319 e. The predicted molar refractivity (Wildman–Crippen MR) is 101 cm³/mol. The van der Waals surface area contributed by atoms with Crippen LogP contribution in [0.3, 0.4) is 0 Å². The van der Waals surface area contributed by atoms with Gasteiger partial charge in [0.1, 0.15) is 5.69 Å². The van der Waals surface area contributed by atoms with Gasteiger partial charge in [-0.25, -0.2) is 0 Å². The first-order valence-corrected chi connectivity index (χ1v) is 8.62. The predicted octanol–water partition coefficient (Wildman–Crippen LogP) is 4.87. The second-order valence-corrected chi connectivity index (χ2v) is 6.95. The second-order valence-electron chi connectivity index (χ2n) is 5.53. The molecule has 1 amide bonds. The second kappa shape index (κ2) is 7.36. The molecule has 5 nitrogen and oxygen atoms in total. The number of hydrogen-bond donors (Lipinski definition) is 1. The van der Waals surface area contributed by atoms with E-state index in [4.69, 9.17) is 0 Å². The van der Waals surface area contributed by atoms with E-state index in [1.165, 1.54) is 23.9 Å². The summed E-state index contributed by atoms with van der Waals surface area (Å²) in [6, 6.07) is 20.2. The SMILES string of the molecule is C[C@@H](Sc1ccc2ccccc2c1)C(=O)Nc1ccccc1[N+](=O)[O-]. The highest BCUT2D eigenvalue weighted by Crippen LogP contribution is 2.29. The lowest BCUT2D eigenvalue weighted by atomic mass is 10.1. The van der Waals surface area contributed by atoms with Crippen LogP contribution >= 0.6 is 11.8 Å². The van der Waals surface area contributed by atoms with E-state index in [1.807, 2.05) is 42.5 Å². The number of amides is 1. The molecule has 3 aromatic rings. The normalized spacial score (nSPS) is 11.9. The van der Waals surface area contributed by atoms with Crippen molar-refractivity contribution in [3.8, 4) is 0 Å². The highest BCUT2D eigenvalue weighted by atomic mass is 32.2. The molecule has 0 aliphatic rings. The highest BCUT2D eigenvalue weighted by Gasteiger charge is 2.19. The fourth-order valence-electron chi connectivity index (χ4n) is 2.47. The molecule has 126 valence electrons. The molecule has 0 radical (unpaired) electrons. The van der Waals surface area contributed by atoms with Crippen molar-refractivity contribution in [3.63, 3.8) is 0 Å². The van der Waals surface area contributed by atoms with Gasteiger partial charge in [0.2, 0.25) is 5.91 Å². The molecule has 3 aromatic carbocycles. The summed E-state index contributed by atoms with van der Waals surface area (Å²) in [5.41, 5.74) is 0.0993. The molecule has 0 bridgehead atoms. The van der Waals surface area contributed by atoms with Crippen LogP contribution in [0, 0.1) is 10.1 Å². The van der Waals surface area contributed by atoms with Gasteiger partial charge in [-0.1, -0.05) is 42.5 Å². The molecule has 1 N–H and O–H groups in total. The number of thioether (sulfide) groups is 1. The number of nitrogens with zero attached hydrogens (tertiary/aromatic N) is 1. The summed E-state index contributed by atoms with van der Waals surface area (Å²) >= 11 is 1.42. The molecule has 0 aliphatic carbocycles. The van der Waals surface area contributed by atoms with Crippen molar-refractivity contribution < 1.29 is 9.72 Å². The van der Waals surface area contributed by atoms with Crippen molar-refractivity contribution >= 4 is 39.8 Å². The molecule has 0 heterocycles. The standard InChI is InChI=1S/C19H16N2O3S/c1-13(19(22)20-17-8-4-5-9-18(17)21(23)24)25-16-11-10-14-6-2-3-7-15(14)12-16/h2-13H,1H3,(H,20,22)/t13-/m1/s1. The average molecular weight is 352 g/mol. The number of nitro benzene ring substituents is 1. The fourth-order valence-corrected chi connectivity index (χ4v) is 3.39. The van der Waals surface area contributed by atoms with Crippen LogP contribution in [-0.2, 0) is 4.79 Å². The lowest BCUT2D eigenvalue weighted by Crippen LogP contribution is -2.22. The van der Waals surface area contributed by atoms with Crippen LogP contribution in [0.4, 0.5) is 11.4 Å². The topological polar surface area (TPSA) is 72.2 Å². The Kier molecular flexibility index (Phi) is 5.00. The van der Waals surface area contributed by atoms with Crippen molar-refractivity contribution in [1.82, 2.24) is 0 Å². The number of benzene rings is 3. The molecule has 3 rings (SSSR count). The Labute approximate surface area is 149 Å². The minimum absolute atomic E-state index is 0.112. The van der Waals surface area contributed by atoms with Gasteiger partial charge in [0.15, 0.2) is 0 Å². The summed E-state index contributed by atoms with van der Waals surface area (Å²) in [7, 11) is 0. The first-order valence-electron chi connectivity index (χ1n) is 7.74. The van der Waals surface area contributed by atoms with Crippen LogP contribution in [0.2, 0.25) is 0 Å². The van der Waals surface area contributed by atoms with Gasteiger partial charge >= 0.3 is 0 Å². The molecule has 0 aromatic heterocycles. The number of anilines is 1. The molecule has 0 unspecified atom stereocenters. The quantitative estimate of drug-likeness (QED) is 0.404. The number of hydrogen-bond acceptors (Lipinski definition) is 4. The Morgan fingerprint density at radius 1 is 1.04 bits per heavy atom. The van der Waals surface area contributed by atoms with Gasteiger partial charge < -0.3 is 5.32 Å². The number of carbonyl (C=O) groups excluding carboxylic acids is 1. The van der Waals surface area contributed by atoms with E-state index in [-0.39, 0.29) is 22.5 Å². The number of nitro groups is 1. The number of fused-ring (bicyclic) bond motifs is 1. The molecule has 6 heteroatoms. The first-order chi connectivity index (χ1) is 12.0.